The molecular weight excluding hydrogens is 262 g/mol. The van der Waals surface area contributed by atoms with E-state index in [0.29, 0.717) is 6.54 Å². The van der Waals surface area contributed by atoms with Crippen LogP contribution in [0.3, 0.4) is 0 Å². The first-order valence-corrected chi connectivity index (χ1v) is 6.85. The third-order valence-corrected chi connectivity index (χ3v) is 3.42. The molecule has 2 rings (SSSR count). The summed E-state index contributed by atoms with van der Waals surface area (Å²) in [6, 6.07) is 8.71. The van der Waals surface area contributed by atoms with Crippen molar-refractivity contribution in [1.82, 2.24) is 4.57 Å². The smallest absolute Gasteiger partial charge is 0.253 e. The summed E-state index contributed by atoms with van der Waals surface area (Å²) in [5.41, 5.74) is 0.892. The molecular formula is C15H16ClNO2. The number of pyridine rings is 1. The predicted molar refractivity (Wildman–Crippen MR) is 77.9 cm³/mol. The Kier molecular flexibility index (Phi) is 4.38. The molecule has 0 spiro atoms. The molecule has 1 heterocycles. The van der Waals surface area contributed by atoms with Gasteiger partial charge in [-0.1, -0.05) is 38.0 Å². The monoisotopic (exact) mass is 277 g/mol. The van der Waals surface area contributed by atoms with Gasteiger partial charge in [-0.3, -0.25) is 9.59 Å². The fourth-order valence-corrected chi connectivity index (χ4v) is 2.40. The lowest BCUT2D eigenvalue weighted by Crippen LogP contribution is -2.21. The molecule has 0 unspecified atom stereocenters. The van der Waals surface area contributed by atoms with Gasteiger partial charge in [-0.15, -0.1) is 0 Å². The highest BCUT2D eigenvalue weighted by Gasteiger charge is 2.12. The van der Waals surface area contributed by atoms with Crippen molar-refractivity contribution in [3.63, 3.8) is 0 Å². The second-order valence-electron chi connectivity index (χ2n) is 4.55. The maximum atomic E-state index is 12.1. The van der Waals surface area contributed by atoms with Crippen LogP contribution in [0.2, 0.25) is 0 Å². The van der Waals surface area contributed by atoms with Crippen LogP contribution in [0.1, 0.15) is 36.5 Å². The summed E-state index contributed by atoms with van der Waals surface area (Å²) in [5, 5.41) is 0.146. The Hall–Kier alpha value is -1.61. The molecule has 0 aliphatic rings. The predicted octanol–water partition coefficient (Wildman–Crippen LogP) is 3.57. The standard InChI is InChI=1S/C15H16ClNO2/c1-2-3-6-9-17-13-8-5-4-7-11(13)12(15(16)19)10-14(17)18/h4-5,7-8,10H,2-3,6,9H2,1H3. The number of halogens is 1. The maximum absolute atomic E-state index is 12.1. The Morgan fingerprint density at radius 1 is 1.26 bits per heavy atom. The summed E-state index contributed by atoms with van der Waals surface area (Å²) < 4.78 is 1.72. The highest BCUT2D eigenvalue weighted by Crippen LogP contribution is 2.19. The molecule has 100 valence electrons. The van der Waals surface area contributed by atoms with Crippen LogP contribution in [0.4, 0.5) is 0 Å². The Morgan fingerprint density at radius 3 is 2.68 bits per heavy atom. The summed E-state index contributed by atoms with van der Waals surface area (Å²) in [6.45, 7) is 2.79. The number of carbonyl (C=O) groups is 1. The van der Waals surface area contributed by atoms with Crippen LogP contribution >= 0.6 is 11.6 Å². The average Bonchev–Trinajstić information content (AvgIpc) is 2.40. The largest absolute Gasteiger partial charge is 0.308 e. The van der Waals surface area contributed by atoms with Gasteiger partial charge < -0.3 is 4.57 Å². The van der Waals surface area contributed by atoms with Gasteiger partial charge in [0.2, 0.25) is 0 Å². The minimum atomic E-state index is -0.589. The van der Waals surface area contributed by atoms with E-state index >= 15 is 0 Å². The summed E-state index contributed by atoms with van der Waals surface area (Å²) in [4.78, 5) is 23.5. The van der Waals surface area contributed by atoms with Gasteiger partial charge in [-0.2, -0.15) is 0 Å². The average molecular weight is 278 g/mol. The number of aromatic nitrogens is 1. The minimum Gasteiger partial charge on any atom is -0.308 e. The first-order chi connectivity index (χ1) is 9.15. The number of carbonyl (C=O) groups excluding carboxylic acids is 1. The molecule has 0 bridgehead atoms. The lowest BCUT2D eigenvalue weighted by molar-refractivity contribution is 0.108. The van der Waals surface area contributed by atoms with Crippen LogP contribution in [-0.4, -0.2) is 9.81 Å². The number of para-hydroxylation sites is 1. The summed E-state index contributed by atoms with van der Waals surface area (Å²) in [7, 11) is 0. The highest BCUT2D eigenvalue weighted by atomic mass is 35.5. The first kappa shape index (κ1) is 13.8. The maximum Gasteiger partial charge on any atom is 0.253 e. The number of hydrogen-bond donors (Lipinski definition) is 0. The molecule has 19 heavy (non-hydrogen) atoms. The normalized spacial score (nSPS) is 10.8. The van der Waals surface area contributed by atoms with Crippen molar-refractivity contribution in [2.75, 3.05) is 0 Å². The number of hydrogen-bond acceptors (Lipinski definition) is 2. The van der Waals surface area contributed by atoms with Gasteiger partial charge in [0.15, 0.2) is 0 Å². The molecule has 0 N–H and O–H groups in total. The number of rotatable bonds is 5. The topological polar surface area (TPSA) is 39.1 Å². The molecule has 0 atom stereocenters. The molecule has 0 fully saturated rings. The summed E-state index contributed by atoms with van der Waals surface area (Å²) in [6.07, 6.45) is 3.14. The molecule has 3 nitrogen and oxygen atoms in total. The van der Waals surface area contributed by atoms with E-state index in [1.54, 1.807) is 4.57 Å². The third kappa shape index (κ3) is 2.87. The zero-order chi connectivity index (χ0) is 13.8. The fourth-order valence-electron chi connectivity index (χ4n) is 2.25. The molecule has 0 aliphatic carbocycles. The van der Waals surface area contributed by atoms with Crippen LogP contribution < -0.4 is 5.56 Å². The molecule has 0 radical (unpaired) electrons. The van der Waals surface area contributed by atoms with Gasteiger partial charge in [-0.05, 0) is 24.1 Å². The van der Waals surface area contributed by atoms with Gasteiger partial charge in [0.05, 0.1) is 5.52 Å². The Balaban J connectivity index is 2.59. The quantitative estimate of drug-likeness (QED) is 0.619. The van der Waals surface area contributed by atoms with Crippen molar-refractivity contribution in [3.05, 3.63) is 46.2 Å². The molecule has 0 amide bonds. The first-order valence-electron chi connectivity index (χ1n) is 6.47. The second kappa shape index (κ2) is 6.02. The van der Waals surface area contributed by atoms with Gasteiger partial charge in [0, 0.05) is 23.6 Å². The van der Waals surface area contributed by atoms with E-state index in [9.17, 15) is 9.59 Å². The van der Waals surface area contributed by atoms with E-state index in [1.165, 1.54) is 6.07 Å². The van der Waals surface area contributed by atoms with E-state index in [2.05, 4.69) is 6.92 Å². The molecule has 1 aromatic heterocycles. The Bertz CT molecular complexity index is 661. The van der Waals surface area contributed by atoms with Crippen molar-refractivity contribution in [2.45, 2.75) is 32.7 Å². The van der Waals surface area contributed by atoms with E-state index < -0.39 is 5.24 Å². The van der Waals surface area contributed by atoms with Crippen molar-refractivity contribution < 1.29 is 4.79 Å². The van der Waals surface area contributed by atoms with E-state index in [1.807, 2.05) is 24.3 Å². The molecule has 4 heteroatoms. The van der Waals surface area contributed by atoms with Crippen molar-refractivity contribution in [1.29, 1.82) is 0 Å². The SMILES string of the molecule is CCCCCn1c(=O)cc(C(=O)Cl)c2ccccc21. The van der Waals surface area contributed by atoms with E-state index in [-0.39, 0.29) is 11.1 Å². The Morgan fingerprint density at radius 2 is 2.00 bits per heavy atom. The number of benzene rings is 1. The van der Waals surface area contributed by atoms with Crippen LogP contribution in [0.25, 0.3) is 10.9 Å². The van der Waals surface area contributed by atoms with Crippen LogP contribution in [0, 0.1) is 0 Å². The van der Waals surface area contributed by atoms with Gasteiger partial charge in [0.1, 0.15) is 0 Å². The fraction of sp³-hybridized carbons (Fsp3) is 0.333. The van der Waals surface area contributed by atoms with Gasteiger partial charge in [0.25, 0.3) is 10.8 Å². The van der Waals surface area contributed by atoms with E-state index in [4.69, 9.17) is 11.6 Å². The highest BCUT2D eigenvalue weighted by molar-refractivity contribution is 6.68. The Labute approximate surface area is 116 Å². The molecule has 2 aromatic rings. The molecule has 0 saturated carbocycles. The lowest BCUT2D eigenvalue weighted by atomic mass is 10.1. The van der Waals surface area contributed by atoms with Crippen molar-refractivity contribution in [3.8, 4) is 0 Å². The second-order valence-corrected chi connectivity index (χ2v) is 4.89. The number of fused-ring (bicyclic) bond motifs is 1. The summed E-state index contributed by atoms with van der Waals surface area (Å²) >= 11 is 5.55. The molecule has 1 aromatic carbocycles. The zero-order valence-corrected chi connectivity index (χ0v) is 11.6. The number of unbranched alkanes of at least 4 members (excludes halogenated alkanes) is 2. The number of nitrogens with zero attached hydrogens (tertiary/aromatic N) is 1. The van der Waals surface area contributed by atoms with Crippen molar-refractivity contribution in [2.24, 2.45) is 0 Å². The molecule has 0 aliphatic heterocycles. The number of aryl methyl sites for hydroxylation is 1. The van der Waals surface area contributed by atoms with Crippen LogP contribution in [0.5, 0.6) is 0 Å². The zero-order valence-electron chi connectivity index (χ0n) is 10.9. The molecule has 0 saturated heterocycles. The van der Waals surface area contributed by atoms with Gasteiger partial charge >= 0.3 is 0 Å². The van der Waals surface area contributed by atoms with E-state index in [0.717, 1.165) is 30.2 Å². The third-order valence-electron chi connectivity index (χ3n) is 3.22. The lowest BCUT2D eigenvalue weighted by Gasteiger charge is -2.11. The minimum absolute atomic E-state index is 0.168. The van der Waals surface area contributed by atoms with Crippen molar-refractivity contribution >= 4 is 27.7 Å². The summed E-state index contributed by atoms with van der Waals surface area (Å²) in [5.74, 6) is 0. The van der Waals surface area contributed by atoms with Gasteiger partial charge in [-0.25, -0.2) is 0 Å². The van der Waals surface area contributed by atoms with Crippen LogP contribution in [-0.2, 0) is 6.54 Å². The van der Waals surface area contributed by atoms with Crippen LogP contribution in [0.15, 0.2) is 35.1 Å².